The van der Waals surface area contributed by atoms with E-state index in [1.165, 1.54) is 12.0 Å². The third-order valence-electron chi connectivity index (χ3n) is 1.83. The van der Waals surface area contributed by atoms with Gasteiger partial charge in [-0.1, -0.05) is 67.9 Å². The summed E-state index contributed by atoms with van der Waals surface area (Å²) in [5.74, 6) is 0. The fourth-order valence-electron chi connectivity index (χ4n) is 1.19. The largest absolute Gasteiger partial charge is 0.0651 e. The molecule has 0 nitrogen and oxygen atoms in total. The molecule has 0 atom stereocenters. The van der Waals surface area contributed by atoms with E-state index < -0.39 is 0 Å². The van der Waals surface area contributed by atoms with Crippen LogP contribution in [0.3, 0.4) is 0 Å². The molecule has 13 heavy (non-hydrogen) atoms. The van der Waals surface area contributed by atoms with Crippen molar-refractivity contribution in [1.82, 2.24) is 0 Å². The van der Waals surface area contributed by atoms with Crippen molar-refractivity contribution in [3.05, 3.63) is 60.2 Å². The Morgan fingerprint density at radius 3 is 1.69 bits per heavy atom. The van der Waals surface area contributed by atoms with Crippen LogP contribution in [0.25, 0.3) is 0 Å². The Morgan fingerprint density at radius 2 is 1.23 bits per heavy atom. The minimum atomic E-state index is 1.15. The van der Waals surface area contributed by atoms with Crippen LogP contribution in [-0.4, -0.2) is 0 Å². The Balaban J connectivity index is 2.97. The Hall–Kier alpha value is -1.30. The number of aryl methyl sites for hydroxylation is 1. The molecule has 0 bridgehead atoms. The number of hydrogen-bond donors (Lipinski definition) is 0. The van der Waals surface area contributed by atoms with Gasteiger partial charge in [0.2, 0.25) is 0 Å². The third-order valence-corrected chi connectivity index (χ3v) is 1.83. The van der Waals surface area contributed by atoms with E-state index in [0.717, 1.165) is 6.42 Å². The first-order valence-corrected chi connectivity index (χ1v) is 4.80. The average Bonchev–Trinajstić information content (AvgIpc) is 2.16. The quantitative estimate of drug-likeness (QED) is 0.637. The standard InChI is InChI=1S/C13H16/c1-2-10-13-11-8-6-4-3-5-7-9-12-13/h3-9,11-12H,2,10H2,1H3. The minimum absolute atomic E-state index is 1.15. The first kappa shape index (κ1) is 9.79. The maximum absolute atomic E-state index is 2.20. The maximum Gasteiger partial charge on any atom is -0.0281 e. The minimum Gasteiger partial charge on any atom is -0.0651 e. The van der Waals surface area contributed by atoms with Crippen LogP contribution >= 0.6 is 0 Å². The van der Waals surface area contributed by atoms with Crippen LogP contribution < -0.4 is 0 Å². The number of hydrogen-bond acceptors (Lipinski definition) is 0. The summed E-state index contributed by atoms with van der Waals surface area (Å²) in [7, 11) is 0. The highest BCUT2D eigenvalue weighted by atomic mass is 13.9. The molecule has 0 spiro atoms. The van der Waals surface area contributed by atoms with Crippen LogP contribution in [0.1, 0.15) is 18.9 Å². The lowest BCUT2D eigenvalue weighted by atomic mass is 10.1. The molecule has 0 aliphatic rings. The summed E-state index contributed by atoms with van der Waals surface area (Å²) >= 11 is 0. The first-order chi connectivity index (χ1) is 6.43. The van der Waals surface area contributed by atoms with Gasteiger partial charge in [0.1, 0.15) is 0 Å². The fraction of sp³-hybridized carbons (Fsp3) is 0.231. The van der Waals surface area contributed by atoms with Crippen molar-refractivity contribution in [2.75, 3.05) is 0 Å². The van der Waals surface area contributed by atoms with E-state index in [1.807, 2.05) is 18.2 Å². The molecule has 1 aromatic rings. The first-order valence-electron chi connectivity index (χ1n) is 4.80. The van der Waals surface area contributed by atoms with Gasteiger partial charge in [0.05, 0.1) is 0 Å². The average molecular weight is 172 g/mol. The van der Waals surface area contributed by atoms with Crippen LogP contribution in [0.4, 0.5) is 0 Å². The van der Waals surface area contributed by atoms with E-state index in [0.29, 0.717) is 0 Å². The van der Waals surface area contributed by atoms with Gasteiger partial charge in [0.15, 0.2) is 0 Å². The molecule has 0 heterocycles. The molecule has 0 saturated heterocycles. The Morgan fingerprint density at radius 1 is 0.769 bits per heavy atom. The van der Waals surface area contributed by atoms with Gasteiger partial charge in [-0.2, -0.15) is 0 Å². The zero-order valence-electron chi connectivity index (χ0n) is 8.11. The summed E-state index contributed by atoms with van der Waals surface area (Å²) in [4.78, 5) is 0. The van der Waals surface area contributed by atoms with Crippen molar-refractivity contribution in [3.63, 3.8) is 0 Å². The lowest BCUT2D eigenvalue weighted by molar-refractivity contribution is 0.923. The van der Waals surface area contributed by atoms with Crippen LogP contribution in [0.5, 0.6) is 0 Å². The predicted octanol–water partition coefficient (Wildman–Crippen LogP) is 3.76. The lowest BCUT2D eigenvalue weighted by Gasteiger charge is -1.91. The lowest BCUT2D eigenvalue weighted by Crippen LogP contribution is -1.77. The Labute approximate surface area is 80.6 Å². The highest BCUT2D eigenvalue weighted by molar-refractivity contribution is 5.11. The molecule has 0 amide bonds. The molecule has 1 rings (SSSR count). The van der Waals surface area contributed by atoms with Crippen LogP contribution in [-0.2, 0) is 6.42 Å². The molecule has 0 aliphatic heterocycles. The Bertz CT molecular complexity index is 263. The van der Waals surface area contributed by atoms with Crippen molar-refractivity contribution in [3.8, 4) is 0 Å². The van der Waals surface area contributed by atoms with Crippen molar-refractivity contribution in [2.24, 2.45) is 0 Å². The van der Waals surface area contributed by atoms with Crippen molar-refractivity contribution < 1.29 is 0 Å². The summed E-state index contributed by atoms with van der Waals surface area (Å²) in [6, 6.07) is 18.7. The van der Waals surface area contributed by atoms with Gasteiger partial charge in [-0.25, -0.2) is 0 Å². The second kappa shape index (κ2) is 6.24. The zero-order valence-corrected chi connectivity index (χ0v) is 8.11. The maximum atomic E-state index is 2.20. The molecular weight excluding hydrogens is 156 g/mol. The fourth-order valence-corrected chi connectivity index (χ4v) is 1.19. The molecule has 0 N–H and O–H groups in total. The van der Waals surface area contributed by atoms with E-state index >= 15 is 0 Å². The molecule has 0 aromatic heterocycles. The van der Waals surface area contributed by atoms with Gasteiger partial charge in [-0.15, -0.1) is 0 Å². The van der Waals surface area contributed by atoms with Crippen LogP contribution in [0, 0.1) is 0 Å². The summed E-state index contributed by atoms with van der Waals surface area (Å²) in [6.07, 6.45) is 2.35. The van der Waals surface area contributed by atoms with Crippen molar-refractivity contribution in [2.45, 2.75) is 19.8 Å². The molecule has 68 valence electrons. The van der Waals surface area contributed by atoms with Gasteiger partial charge in [-0.3, -0.25) is 0 Å². The second-order valence-electron chi connectivity index (χ2n) is 3.01. The summed E-state index contributed by atoms with van der Waals surface area (Å²) in [5.41, 5.74) is 1.39. The molecule has 0 heteroatoms. The molecule has 1 aromatic carbocycles. The highest BCUT2D eigenvalue weighted by Gasteiger charge is 1.82. The molecule has 0 saturated carbocycles. The summed E-state index contributed by atoms with van der Waals surface area (Å²) < 4.78 is 0. The molecular formula is C13H16. The second-order valence-corrected chi connectivity index (χ2v) is 3.01. The molecule has 0 radical (unpaired) electrons. The van der Waals surface area contributed by atoms with Gasteiger partial charge >= 0.3 is 0 Å². The van der Waals surface area contributed by atoms with E-state index in [-0.39, 0.29) is 0 Å². The van der Waals surface area contributed by atoms with Gasteiger partial charge in [0, 0.05) is 0 Å². The summed E-state index contributed by atoms with van der Waals surface area (Å²) in [5, 5.41) is 0. The normalized spacial score (nSPS) is 9.00. The van der Waals surface area contributed by atoms with E-state index in [2.05, 4.69) is 43.3 Å². The molecule has 0 unspecified atom stereocenters. The van der Waals surface area contributed by atoms with Gasteiger partial charge in [0.25, 0.3) is 0 Å². The monoisotopic (exact) mass is 172 g/mol. The van der Waals surface area contributed by atoms with E-state index in [4.69, 9.17) is 0 Å². The topological polar surface area (TPSA) is 0 Å². The van der Waals surface area contributed by atoms with Crippen LogP contribution in [0.2, 0.25) is 0 Å². The van der Waals surface area contributed by atoms with Crippen molar-refractivity contribution in [1.29, 1.82) is 0 Å². The zero-order chi connectivity index (χ0) is 9.36. The third kappa shape index (κ3) is 4.32. The van der Waals surface area contributed by atoms with E-state index in [9.17, 15) is 0 Å². The number of rotatable bonds is 2. The Kier molecular flexibility index (Phi) is 4.70. The SMILES string of the molecule is CCCc1ccccccccc1. The van der Waals surface area contributed by atoms with Gasteiger partial charge in [-0.05, 0) is 12.0 Å². The van der Waals surface area contributed by atoms with E-state index in [1.54, 1.807) is 0 Å². The summed E-state index contributed by atoms with van der Waals surface area (Å²) in [6.45, 7) is 2.20. The van der Waals surface area contributed by atoms with Gasteiger partial charge < -0.3 is 0 Å². The smallest absolute Gasteiger partial charge is 0.0281 e. The highest BCUT2D eigenvalue weighted by Crippen LogP contribution is 1.98. The van der Waals surface area contributed by atoms with Crippen molar-refractivity contribution >= 4 is 0 Å². The van der Waals surface area contributed by atoms with Crippen LogP contribution in [0.15, 0.2) is 54.6 Å². The molecule has 0 aliphatic carbocycles. The molecule has 0 fully saturated rings. The predicted molar refractivity (Wildman–Crippen MR) is 58.1 cm³/mol.